The molecule has 1 heterocycles. The van der Waals surface area contributed by atoms with Crippen molar-refractivity contribution < 1.29 is 23.5 Å². The molecule has 6 nitrogen and oxygen atoms in total. The lowest BCUT2D eigenvalue weighted by Crippen LogP contribution is -2.38. The summed E-state index contributed by atoms with van der Waals surface area (Å²) in [5.74, 6) is -1.51. The second-order valence-electron chi connectivity index (χ2n) is 7.73. The maximum Gasteiger partial charge on any atom is 0.407 e. The Morgan fingerprint density at radius 1 is 0.972 bits per heavy atom. The SMILES string of the molecule is CCc1sc(NC(c2ccccc2)(c2ccccc2)c2ccccc2)nc1C(=NOC(F)F)C(=O)O. The molecule has 0 fully saturated rings. The molecule has 0 aliphatic rings. The minimum Gasteiger partial charge on any atom is -0.476 e. The van der Waals surface area contributed by atoms with E-state index in [-0.39, 0.29) is 5.69 Å². The molecule has 0 aliphatic carbocycles. The zero-order chi connectivity index (χ0) is 25.5. The molecule has 4 aromatic rings. The quantitative estimate of drug-likeness (QED) is 0.153. The van der Waals surface area contributed by atoms with Gasteiger partial charge in [-0.25, -0.2) is 9.78 Å². The van der Waals surface area contributed by atoms with E-state index in [4.69, 9.17) is 0 Å². The van der Waals surface area contributed by atoms with Crippen molar-refractivity contribution in [2.75, 3.05) is 5.32 Å². The number of oxime groups is 1. The highest BCUT2D eigenvalue weighted by Gasteiger charge is 2.37. The largest absolute Gasteiger partial charge is 0.476 e. The van der Waals surface area contributed by atoms with Gasteiger partial charge in [-0.1, -0.05) is 103 Å². The monoisotopic (exact) mass is 507 g/mol. The number of thiazole rings is 1. The highest BCUT2D eigenvalue weighted by molar-refractivity contribution is 7.16. The van der Waals surface area contributed by atoms with Crippen molar-refractivity contribution in [1.82, 2.24) is 4.98 Å². The number of rotatable bonds is 10. The highest BCUT2D eigenvalue weighted by Crippen LogP contribution is 2.41. The first-order valence-corrected chi connectivity index (χ1v) is 12.0. The van der Waals surface area contributed by atoms with Gasteiger partial charge in [0.25, 0.3) is 0 Å². The maximum absolute atomic E-state index is 12.6. The molecule has 0 saturated carbocycles. The maximum atomic E-state index is 12.6. The molecule has 0 amide bonds. The minimum absolute atomic E-state index is 0.0127. The Morgan fingerprint density at radius 2 is 1.44 bits per heavy atom. The Labute approximate surface area is 210 Å². The fraction of sp³-hybridized carbons (Fsp3) is 0.148. The summed E-state index contributed by atoms with van der Waals surface area (Å²) in [6.07, 6.45) is 0.421. The second kappa shape index (κ2) is 11.1. The third-order valence-corrected chi connectivity index (χ3v) is 6.70. The number of carbonyl (C=O) groups is 1. The fourth-order valence-corrected chi connectivity index (χ4v) is 5.01. The molecule has 4 rings (SSSR count). The van der Waals surface area contributed by atoms with Gasteiger partial charge in [0.05, 0.1) is 0 Å². The molecule has 9 heteroatoms. The van der Waals surface area contributed by atoms with Crippen LogP contribution in [0, 0.1) is 0 Å². The van der Waals surface area contributed by atoms with Crippen LogP contribution in [0.4, 0.5) is 13.9 Å². The van der Waals surface area contributed by atoms with E-state index in [1.54, 1.807) is 0 Å². The van der Waals surface area contributed by atoms with Crippen molar-refractivity contribution >= 4 is 28.1 Å². The summed E-state index contributed by atoms with van der Waals surface area (Å²) in [4.78, 5) is 20.9. The number of aliphatic carboxylic acids is 1. The van der Waals surface area contributed by atoms with Gasteiger partial charge >= 0.3 is 12.6 Å². The fourth-order valence-electron chi connectivity index (χ4n) is 4.05. The molecule has 36 heavy (non-hydrogen) atoms. The minimum atomic E-state index is -3.25. The van der Waals surface area contributed by atoms with Gasteiger partial charge in [-0.2, -0.15) is 8.78 Å². The summed E-state index contributed by atoms with van der Waals surface area (Å²) < 4.78 is 25.2. The van der Waals surface area contributed by atoms with E-state index in [0.29, 0.717) is 16.4 Å². The van der Waals surface area contributed by atoms with Crippen LogP contribution in [0.25, 0.3) is 0 Å². The molecule has 2 N–H and O–H groups in total. The Morgan fingerprint density at radius 3 is 1.83 bits per heavy atom. The van der Waals surface area contributed by atoms with Crippen LogP contribution < -0.4 is 5.32 Å². The molecule has 0 atom stereocenters. The Balaban J connectivity index is 1.92. The molecule has 3 aromatic carbocycles. The lowest BCUT2D eigenvalue weighted by molar-refractivity contribution is -0.134. The average molecular weight is 508 g/mol. The summed E-state index contributed by atoms with van der Waals surface area (Å²) >= 11 is 1.24. The Kier molecular flexibility index (Phi) is 7.70. The number of hydrogen-bond donors (Lipinski definition) is 2. The molecule has 0 spiro atoms. The van der Waals surface area contributed by atoms with Crippen molar-refractivity contribution in [3.05, 3.63) is 118 Å². The average Bonchev–Trinajstić information content (AvgIpc) is 3.31. The molecule has 0 saturated heterocycles. The Bertz CT molecular complexity index is 1230. The first kappa shape index (κ1) is 25.0. The summed E-state index contributed by atoms with van der Waals surface area (Å²) in [7, 11) is 0. The molecule has 1 aromatic heterocycles. The number of halogens is 2. The molecular formula is C27H23F2N3O3S. The number of carboxylic acid groups (broad SMARTS) is 1. The van der Waals surface area contributed by atoms with Crippen LogP contribution in [-0.2, 0) is 21.6 Å². The summed E-state index contributed by atoms with van der Waals surface area (Å²) in [6.45, 7) is -1.42. The number of carboxylic acids is 1. The third kappa shape index (κ3) is 5.11. The zero-order valence-electron chi connectivity index (χ0n) is 19.3. The molecule has 184 valence electrons. The number of aryl methyl sites for hydroxylation is 1. The normalized spacial score (nSPS) is 11.9. The van der Waals surface area contributed by atoms with Crippen molar-refractivity contribution in [2.24, 2.45) is 5.16 Å². The highest BCUT2D eigenvalue weighted by atomic mass is 32.1. The van der Waals surface area contributed by atoms with Crippen LogP contribution in [-0.4, -0.2) is 28.4 Å². The van der Waals surface area contributed by atoms with E-state index in [0.717, 1.165) is 16.7 Å². The third-order valence-electron chi connectivity index (χ3n) is 5.58. The van der Waals surface area contributed by atoms with Crippen LogP contribution in [0.2, 0.25) is 0 Å². The number of nitrogens with one attached hydrogen (secondary N) is 1. The molecule has 0 radical (unpaired) electrons. The zero-order valence-corrected chi connectivity index (χ0v) is 20.1. The number of benzene rings is 3. The van der Waals surface area contributed by atoms with E-state index in [1.165, 1.54) is 11.3 Å². The number of nitrogens with zero attached hydrogens (tertiary/aromatic N) is 2. The standard InChI is InChI=1S/C27H23F2N3O3S/c1-2-21-22(23(24(33)34)32-35-25(28)29)30-26(36-21)31-27(18-12-6-3-7-13-18,19-14-8-4-9-15-19)20-16-10-5-11-17-20/h3-17,25H,2H2,1H3,(H,30,31)(H,33,34). The Hall–Kier alpha value is -4.11. The smallest absolute Gasteiger partial charge is 0.407 e. The lowest BCUT2D eigenvalue weighted by atomic mass is 9.77. The lowest BCUT2D eigenvalue weighted by Gasteiger charge is -2.36. The van der Waals surface area contributed by atoms with Gasteiger partial charge in [0, 0.05) is 4.88 Å². The molecular weight excluding hydrogens is 484 g/mol. The summed E-state index contributed by atoms with van der Waals surface area (Å²) in [6, 6.07) is 29.5. The van der Waals surface area contributed by atoms with Crippen LogP contribution in [0.5, 0.6) is 0 Å². The van der Waals surface area contributed by atoms with Crippen LogP contribution in [0.15, 0.2) is 96.2 Å². The van der Waals surface area contributed by atoms with Gasteiger partial charge in [0.2, 0.25) is 5.71 Å². The van der Waals surface area contributed by atoms with Gasteiger partial charge in [-0.05, 0) is 23.1 Å². The van der Waals surface area contributed by atoms with Gasteiger partial charge < -0.3 is 15.3 Å². The first-order valence-electron chi connectivity index (χ1n) is 11.2. The number of hydrogen-bond acceptors (Lipinski definition) is 6. The van der Waals surface area contributed by atoms with Gasteiger partial charge in [0.1, 0.15) is 11.2 Å². The first-order chi connectivity index (χ1) is 17.5. The number of anilines is 1. The molecule has 0 aliphatic heterocycles. The predicted octanol–water partition coefficient (Wildman–Crippen LogP) is 6.14. The van der Waals surface area contributed by atoms with E-state index in [9.17, 15) is 18.7 Å². The van der Waals surface area contributed by atoms with Crippen LogP contribution in [0.1, 0.15) is 34.2 Å². The van der Waals surface area contributed by atoms with Crippen molar-refractivity contribution in [3.8, 4) is 0 Å². The van der Waals surface area contributed by atoms with Gasteiger partial charge in [0.15, 0.2) is 5.13 Å². The van der Waals surface area contributed by atoms with Gasteiger partial charge in [-0.15, -0.1) is 11.3 Å². The molecule has 0 bridgehead atoms. The van der Waals surface area contributed by atoms with E-state index < -0.39 is 23.8 Å². The van der Waals surface area contributed by atoms with Crippen molar-refractivity contribution in [2.45, 2.75) is 25.5 Å². The molecule has 0 unspecified atom stereocenters. The summed E-state index contributed by atoms with van der Waals surface area (Å²) in [5, 5.41) is 16.8. The van der Waals surface area contributed by atoms with E-state index >= 15 is 0 Å². The van der Waals surface area contributed by atoms with E-state index in [1.807, 2.05) is 97.9 Å². The summed E-state index contributed by atoms with van der Waals surface area (Å²) in [5.41, 5.74) is 1.23. The second-order valence-corrected chi connectivity index (χ2v) is 8.81. The predicted molar refractivity (Wildman–Crippen MR) is 136 cm³/mol. The van der Waals surface area contributed by atoms with Crippen molar-refractivity contribution in [3.63, 3.8) is 0 Å². The topological polar surface area (TPSA) is 83.8 Å². The van der Waals surface area contributed by atoms with Crippen LogP contribution >= 0.6 is 11.3 Å². The van der Waals surface area contributed by atoms with Crippen molar-refractivity contribution in [1.29, 1.82) is 0 Å². The van der Waals surface area contributed by atoms with Gasteiger partial charge in [-0.3, -0.25) is 0 Å². The van der Waals surface area contributed by atoms with Crippen LogP contribution in [0.3, 0.4) is 0 Å². The van der Waals surface area contributed by atoms with E-state index in [2.05, 4.69) is 20.3 Å². The number of aromatic nitrogens is 1. The number of alkyl halides is 2.